The molecule has 0 amide bonds. The van der Waals surface area contributed by atoms with Crippen molar-refractivity contribution in [2.45, 2.75) is 25.6 Å². The van der Waals surface area contributed by atoms with Crippen LogP contribution in [0.3, 0.4) is 0 Å². The van der Waals surface area contributed by atoms with E-state index in [1.807, 2.05) is 13.0 Å². The maximum Gasteiger partial charge on any atom is 0.201 e. The second kappa shape index (κ2) is 10.2. The Kier molecular flexibility index (Phi) is 7.16. The molecule has 1 aliphatic heterocycles. The van der Waals surface area contributed by atoms with E-state index in [-0.39, 0.29) is 35.9 Å². The summed E-state index contributed by atoms with van der Waals surface area (Å²) in [5, 5.41) is 0. The van der Waals surface area contributed by atoms with Crippen molar-refractivity contribution in [3.63, 3.8) is 0 Å². The summed E-state index contributed by atoms with van der Waals surface area (Å²) in [7, 11) is 0. The number of hydrogen-bond acceptors (Lipinski definition) is 3. The molecule has 3 nitrogen and oxygen atoms in total. The second-order valence-corrected chi connectivity index (χ2v) is 7.91. The molecule has 1 aliphatic rings. The van der Waals surface area contributed by atoms with E-state index < -0.39 is 11.6 Å². The van der Waals surface area contributed by atoms with E-state index in [0.29, 0.717) is 36.3 Å². The molecule has 1 saturated heterocycles. The summed E-state index contributed by atoms with van der Waals surface area (Å²) >= 11 is 0. The van der Waals surface area contributed by atoms with Crippen molar-refractivity contribution in [1.29, 1.82) is 0 Å². The highest BCUT2D eigenvalue weighted by Crippen LogP contribution is 2.33. The number of benzene rings is 3. The van der Waals surface area contributed by atoms with E-state index in [0.717, 1.165) is 5.56 Å². The average molecular weight is 454 g/mol. The van der Waals surface area contributed by atoms with Crippen LogP contribution in [0.5, 0.6) is 5.75 Å². The quantitative estimate of drug-likeness (QED) is 0.288. The first kappa shape index (κ1) is 23.1. The minimum absolute atomic E-state index is 0.128. The summed E-state index contributed by atoms with van der Waals surface area (Å²) in [5.41, 5.74) is 2.64. The first-order chi connectivity index (χ1) is 16.0. The van der Waals surface area contributed by atoms with Crippen molar-refractivity contribution in [3.05, 3.63) is 90.3 Å². The van der Waals surface area contributed by atoms with Crippen molar-refractivity contribution >= 4 is 0 Å². The van der Waals surface area contributed by atoms with E-state index in [1.165, 1.54) is 18.2 Å². The highest BCUT2D eigenvalue weighted by atomic mass is 19.2. The molecule has 0 aromatic heterocycles. The van der Waals surface area contributed by atoms with Crippen molar-refractivity contribution in [1.82, 2.24) is 0 Å². The van der Waals surface area contributed by atoms with Crippen LogP contribution < -0.4 is 4.74 Å². The second-order valence-electron chi connectivity index (χ2n) is 7.91. The molecular formula is C27H25F3O3. The molecule has 0 N–H and O–H groups in total. The van der Waals surface area contributed by atoms with E-state index in [4.69, 9.17) is 14.2 Å². The highest BCUT2D eigenvalue weighted by molar-refractivity contribution is 5.71. The van der Waals surface area contributed by atoms with Crippen molar-refractivity contribution in [2.75, 3.05) is 19.8 Å². The fraction of sp³-hybridized carbons (Fsp3) is 0.259. The predicted molar refractivity (Wildman–Crippen MR) is 122 cm³/mol. The molecule has 6 heteroatoms. The normalized spacial score (nSPS) is 18.2. The van der Waals surface area contributed by atoms with Crippen molar-refractivity contribution in [3.8, 4) is 28.0 Å². The third-order valence-electron chi connectivity index (χ3n) is 5.66. The Morgan fingerprint density at radius 2 is 1.58 bits per heavy atom. The van der Waals surface area contributed by atoms with Crippen LogP contribution in [0, 0.1) is 17.5 Å². The topological polar surface area (TPSA) is 27.7 Å². The predicted octanol–water partition coefficient (Wildman–Crippen LogP) is 6.87. The van der Waals surface area contributed by atoms with Gasteiger partial charge in [0.05, 0.1) is 19.8 Å². The lowest BCUT2D eigenvalue weighted by molar-refractivity contribution is -0.176. The van der Waals surface area contributed by atoms with Gasteiger partial charge < -0.3 is 14.2 Å². The lowest BCUT2D eigenvalue weighted by atomic mass is 9.95. The highest BCUT2D eigenvalue weighted by Gasteiger charge is 2.23. The van der Waals surface area contributed by atoms with Crippen LogP contribution in [0.4, 0.5) is 13.2 Å². The molecular weight excluding hydrogens is 429 g/mol. The summed E-state index contributed by atoms with van der Waals surface area (Å²) in [4.78, 5) is 0. The van der Waals surface area contributed by atoms with Gasteiger partial charge in [-0.1, -0.05) is 42.5 Å². The molecule has 0 bridgehead atoms. The molecule has 172 valence electrons. The average Bonchev–Trinajstić information content (AvgIpc) is 2.83. The van der Waals surface area contributed by atoms with Gasteiger partial charge in [-0.3, -0.25) is 0 Å². The van der Waals surface area contributed by atoms with Crippen LogP contribution in [0.25, 0.3) is 22.3 Å². The zero-order valence-electron chi connectivity index (χ0n) is 18.3. The van der Waals surface area contributed by atoms with E-state index in [2.05, 4.69) is 6.58 Å². The number of ether oxygens (including phenoxy) is 3. The van der Waals surface area contributed by atoms with Gasteiger partial charge in [0, 0.05) is 11.5 Å². The molecule has 0 radical (unpaired) electrons. The van der Waals surface area contributed by atoms with Crippen molar-refractivity contribution < 1.29 is 27.4 Å². The Labute approximate surface area is 191 Å². The van der Waals surface area contributed by atoms with E-state index in [9.17, 15) is 13.2 Å². The largest absolute Gasteiger partial charge is 0.490 e. The molecule has 0 saturated carbocycles. The van der Waals surface area contributed by atoms with Gasteiger partial charge in [-0.25, -0.2) is 8.78 Å². The Morgan fingerprint density at radius 1 is 0.909 bits per heavy atom. The number of rotatable bonds is 7. The van der Waals surface area contributed by atoms with Gasteiger partial charge >= 0.3 is 0 Å². The van der Waals surface area contributed by atoms with Gasteiger partial charge in [0.15, 0.2) is 17.9 Å². The van der Waals surface area contributed by atoms with Gasteiger partial charge in [-0.2, -0.15) is 4.39 Å². The SMILES string of the molecule is C=CCCOc1ccc(-c2ccc(-c3ccc(C4COC(C)OC4)c(F)c3)cc2)c(F)c1F. The third kappa shape index (κ3) is 5.13. The minimum atomic E-state index is -1.02. The van der Waals surface area contributed by atoms with Crippen molar-refractivity contribution in [2.24, 2.45) is 0 Å². The molecule has 0 spiro atoms. The van der Waals surface area contributed by atoms with Crippen LogP contribution in [-0.4, -0.2) is 26.1 Å². The lowest BCUT2D eigenvalue weighted by Crippen LogP contribution is -2.29. The van der Waals surface area contributed by atoms with Gasteiger partial charge in [-0.15, -0.1) is 6.58 Å². The molecule has 3 aromatic carbocycles. The lowest BCUT2D eigenvalue weighted by Gasteiger charge is -2.27. The Bertz CT molecular complexity index is 1120. The zero-order valence-corrected chi connectivity index (χ0v) is 18.3. The summed E-state index contributed by atoms with van der Waals surface area (Å²) < 4.78 is 60.0. The van der Waals surface area contributed by atoms with E-state index >= 15 is 0 Å². The maximum atomic E-state index is 14.8. The first-order valence-electron chi connectivity index (χ1n) is 10.8. The fourth-order valence-electron chi connectivity index (χ4n) is 3.78. The van der Waals surface area contributed by atoms with Crippen LogP contribution in [0.15, 0.2) is 67.3 Å². The molecule has 4 rings (SSSR count). The van der Waals surface area contributed by atoms with Crippen LogP contribution in [0.2, 0.25) is 0 Å². The molecule has 1 fully saturated rings. The van der Waals surface area contributed by atoms with Crippen LogP contribution in [0.1, 0.15) is 24.8 Å². The third-order valence-corrected chi connectivity index (χ3v) is 5.66. The maximum absolute atomic E-state index is 14.8. The van der Waals surface area contributed by atoms with Gasteiger partial charge in [0.25, 0.3) is 0 Å². The van der Waals surface area contributed by atoms with Crippen LogP contribution >= 0.6 is 0 Å². The molecule has 0 unspecified atom stereocenters. The fourth-order valence-corrected chi connectivity index (χ4v) is 3.78. The summed E-state index contributed by atoms with van der Waals surface area (Å²) in [5.74, 6) is -2.61. The Balaban J connectivity index is 1.52. The molecule has 0 atom stereocenters. The molecule has 0 aliphatic carbocycles. The number of hydrogen-bond donors (Lipinski definition) is 0. The standard InChI is InChI=1S/C27H25F3O3/c1-3-4-13-31-25-12-11-23(26(29)27(25)30)19-7-5-18(6-8-19)20-9-10-22(24(28)14-20)21-15-32-17(2)33-16-21/h3,5-12,14,17,21H,1,4,13,15-16H2,2H3. The van der Waals surface area contributed by atoms with Crippen LogP contribution in [-0.2, 0) is 9.47 Å². The summed E-state index contributed by atoms with van der Waals surface area (Å²) in [6.07, 6.45) is 1.90. The first-order valence-corrected chi connectivity index (χ1v) is 10.8. The zero-order chi connectivity index (χ0) is 23.4. The summed E-state index contributed by atoms with van der Waals surface area (Å²) in [6, 6.07) is 14.8. The summed E-state index contributed by atoms with van der Waals surface area (Å²) in [6.45, 7) is 6.42. The van der Waals surface area contributed by atoms with Gasteiger partial charge in [0.2, 0.25) is 5.82 Å². The molecule has 33 heavy (non-hydrogen) atoms. The monoisotopic (exact) mass is 454 g/mol. The smallest absolute Gasteiger partial charge is 0.201 e. The number of halogens is 3. The minimum Gasteiger partial charge on any atom is -0.490 e. The van der Waals surface area contributed by atoms with E-state index in [1.54, 1.807) is 36.4 Å². The Morgan fingerprint density at radius 3 is 2.24 bits per heavy atom. The molecule has 1 heterocycles. The van der Waals surface area contributed by atoms with Gasteiger partial charge in [-0.05, 0) is 53.8 Å². The molecule has 3 aromatic rings. The Hall–Kier alpha value is -3.09. The van der Waals surface area contributed by atoms with Gasteiger partial charge in [0.1, 0.15) is 5.82 Å².